The molecule has 0 aliphatic carbocycles. The van der Waals surface area contributed by atoms with Gasteiger partial charge in [0.1, 0.15) is 0 Å². The minimum Gasteiger partial charge on any atom is -0.357 e. The van der Waals surface area contributed by atoms with Crippen molar-refractivity contribution in [3.8, 4) is 0 Å². The summed E-state index contributed by atoms with van der Waals surface area (Å²) in [6.07, 6.45) is 4.67. The molecule has 0 saturated carbocycles. The highest BCUT2D eigenvalue weighted by molar-refractivity contribution is 5.79. The number of guanidine groups is 1. The van der Waals surface area contributed by atoms with Crippen LogP contribution in [0.2, 0.25) is 0 Å². The van der Waals surface area contributed by atoms with Crippen molar-refractivity contribution < 1.29 is 0 Å². The lowest BCUT2D eigenvalue weighted by Gasteiger charge is -2.24. The topological polar surface area (TPSA) is 48.7 Å². The fourth-order valence-electron chi connectivity index (χ4n) is 3.36. The summed E-state index contributed by atoms with van der Waals surface area (Å²) in [5, 5.41) is 8.04. The number of likely N-dealkylation sites (N-methyl/N-ethyl adjacent to an activating group) is 1. The molecular formula is C18H34N6. The smallest absolute Gasteiger partial charge is 0.194 e. The van der Waals surface area contributed by atoms with Crippen molar-refractivity contribution in [2.24, 2.45) is 12.0 Å². The van der Waals surface area contributed by atoms with Gasteiger partial charge in [-0.05, 0) is 39.3 Å². The fraction of sp³-hybridized carbons (Fsp3) is 0.778. The Morgan fingerprint density at radius 3 is 2.79 bits per heavy atom. The van der Waals surface area contributed by atoms with Gasteiger partial charge in [-0.3, -0.25) is 9.67 Å². The zero-order valence-electron chi connectivity index (χ0n) is 16.2. The third-order valence-corrected chi connectivity index (χ3v) is 4.71. The molecule has 0 bridgehead atoms. The van der Waals surface area contributed by atoms with Crippen LogP contribution in [0.5, 0.6) is 0 Å². The van der Waals surface area contributed by atoms with Gasteiger partial charge in [0.2, 0.25) is 0 Å². The van der Waals surface area contributed by atoms with E-state index in [4.69, 9.17) is 4.99 Å². The Kier molecular flexibility index (Phi) is 6.66. The van der Waals surface area contributed by atoms with Crippen molar-refractivity contribution in [1.29, 1.82) is 0 Å². The monoisotopic (exact) mass is 334 g/mol. The molecule has 0 aromatic carbocycles. The van der Waals surface area contributed by atoms with Gasteiger partial charge in [0.25, 0.3) is 0 Å². The predicted octanol–water partition coefficient (Wildman–Crippen LogP) is 2.03. The van der Waals surface area contributed by atoms with E-state index in [1.54, 1.807) is 0 Å². The van der Waals surface area contributed by atoms with Crippen molar-refractivity contribution >= 4 is 5.96 Å². The normalized spacial score (nSPS) is 19.3. The van der Waals surface area contributed by atoms with Crippen LogP contribution in [0, 0.1) is 0 Å². The summed E-state index contributed by atoms with van der Waals surface area (Å²) in [4.78, 5) is 9.52. The first-order valence-corrected chi connectivity index (χ1v) is 9.14. The maximum Gasteiger partial charge on any atom is 0.194 e. The van der Waals surface area contributed by atoms with Crippen LogP contribution >= 0.6 is 0 Å². The molecule has 1 aliphatic rings. The molecule has 0 radical (unpaired) electrons. The largest absolute Gasteiger partial charge is 0.357 e. The Hall–Kier alpha value is -1.56. The van der Waals surface area contributed by atoms with Crippen LogP contribution in [0.4, 0.5) is 0 Å². The van der Waals surface area contributed by atoms with E-state index >= 15 is 0 Å². The molecule has 2 heterocycles. The molecule has 0 spiro atoms. The molecule has 2 rings (SSSR count). The number of aromatic nitrogens is 2. The molecule has 1 N–H and O–H groups in total. The van der Waals surface area contributed by atoms with Crippen LogP contribution in [0.1, 0.15) is 50.8 Å². The molecule has 24 heavy (non-hydrogen) atoms. The molecule has 1 aromatic heterocycles. The lowest BCUT2D eigenvalue weighted by molar-refractivity contribution is 0.316. The van der Waals surface area contributed by atoms with Crippen molar-refractivity contribution in [3.05, 3.63) is 17.5 Å². The Morgan fingerprint density at radius 1 is 1.46 bits per heavy atom. The number of nitrogens with zero attached hydrogens (tertiary/aromatic N) is 5. The highest BCUT2D eigenvalue weighted by Crippen LogP contribution is 2.19. The Balaban J connectivity index is 2.07. The van der Waals surface area contributed by atoms with Gasteiger partial charge in [-0.1, -0.05) is 13.8 Å². The van der Waals surface area contributed by atoms with E-state index in [-0.39, 0.29) is 0 Å². The summed E-state index contributed by atoms with van der Waals surface area (Å²) in [7, 11) is 6.30. The highest BCUT2D eigenvalue weighted by atomic mass is 15.3. The zero-order valence-corrected chi connectivity index (χ0v) is 16.2. The Labute approximate surface area is 146 Å². The summed E-state index contributed by atoms with van der Waals surface area (Å²) in [5.41, 5.74) is 2.45. The fourth-order valence-corrected chi connectivity index (χ4v) is 3.36. The van der Waals surface area contributed by atoms with Gasteiger partial charge in [-0.25, -0.2) is 0 Å². The summed E-state index contributed by atoms with van der Waals surface area (Å²) >= 11 is 0. The Bertz CT molecular complexity index is 548. The maximum absolute atomic E-state index is 4.89. The molecular weight excluding hydrogens is 300 g/mol. The van der Waals surface area contributed by atoms with Crippen molar-refractivity contribution in [1.82, 2.24) is 24.9 Å². The molecule has 6 nitrogen and oxygen atoms in total. The first-order valence-electron chi connectivity index (χ1n) is 9.14. The quantitative estimate of drug-likeness (QED) is 0.639. The summed E-state index contributed by atoms with van der Waals surface area (Å²) in [6.45, 7) is 10.3. The highest BCUT2D eigenvalue weighted by Gasteiger charge is 2.21. The predicted molar refractivity (Wildman–Crippen MR) is 100 cm³/mol. The molecule has 1 fully saturated rings. The summed E-state index contributed by atoms with van der Waals surface area (Å²) < 4.78 is 1.91. The van der Waals surface area contributed by atoms with E-state index in [0.29, 0.717) is 12.0 Å². The van der Waals surface area contributed by atoms with Crippen LogP contribution in [-0.2, 0) is 13.6 Å². The molecule has 1 aliphatic heterocycles. The number of rotatable bonds is 6. The standard InChI is InChI=1S/C18H34N6/c1-7-19-18(20-11-16-9-8-10-22(16)4)23(5)12-15-13-24(6)21-17(15)14(2)3/h13-14,16H,7-12H2,1-6H3,(H,19,20). The van der Waals surface area contributed by atoms with Crippen LogP contribution in [0.15, 0.2) is 11.2 Å². The van der Waals surface area contributed by atoms with Gasteiger partial charge < -0.3 is 15.1 Å². The number of aliphatic imine (C=N–C) groups is 1. The number of likely N-dealkylation sites (tertiary alicyclic amines) is 1. The van der Waals surface area contributed by atoms with Gasteiger partial charge in [-0.15, -0.1) is 0 Å². The molecule has 1 unspecified atom stereocenters. The van der Waals surface area contributed by atoms with Gasteiger partial charge in [0, 0.05) is 45.0 Å². The second-order valence-electron chi connectivity index (χ2n) is 7.20. The van der Waals surface area contributed by atoms with Crippen molar-refractivity contribution in [2.75, 3.05) is 33.7 Å². The van der Waals surface area contributed by atoms with Crippen LogP contribution in [-0.4, -0.2) is 65.3 Å². The van der Waals surface area contributed by atoms with E-state index < -0.39 is 0 Å². The second-order valence-corrected chi connectivity index (χ2v) is 7.20. The summed E-state index contributed by atoms with van der Waals surface area (Å²) in [5.74, 6) is 1.41. The number of hydrogen-bond acceptors (Lipinski definition) is 3. The average molecular weight is 335 g/mol. The first kappa shape index (κ1) is 18.8. The van der Waals surface area contributed by atoms with E-state index in [0.717, 1.165) is 25.6 Å². The van der Waals surface area contributed by atoms with Gasteiger partial charge >= 0.3 is 0 Å². The molecule has 1 atom stereocenters. The third-order valence-electron chi connectivity index (χ3n) is 4.71. The number of hydrogen-bond donors (Lipinski definition) is 1. The van der Waals surface area contributed by atoms with Crippen LogP contribution in [0.3, 0.4) is 0 Å². The molecule has 1 saturated heterocycles. The van der Waals surface area contributed by atoms with E-state index in [9.17, 15) is 0 Å². The molecule has 0 amide bonds. The Morgan fingerprint density at radius 2 is 2.21 bits per heavy atom. The molecule has 1 aromatic rings. The van der Waals surface area contributed by atoms with Gasteiger partial charge in [0.15, 0.2) is 5.96 Å². The van der Waals surface area contributed by atoms with E-state index in [2.05, 4.69) is 61.3 Å². The van der Waals surface area contributed by atoms with E-state index in [1.807, 2.05) is 11.7 Å². The number of aryl methyl sites for hydroxylation is 1. The van der Waals surface area contributed by atoms with Gasteiger partial charge in [0.05, 0.1) is 12.2 Å². The second kappa shape index (κ2) is 8.51. The minimum atomic E-state index is 0.432. The minimum absolute atomic E-state index is 0.432. The van der Waals surface area contributed by atoms with Crippen LogP contribution in [0.25, 0.3) is 0 Å². The average Bonchev–Trinajstić information content (AvgIpc) is 3.09. The van der Waals surface area contributed by atoms with Crippen LogP contribution < -0.4 is 5.32 Å². The van der Waals surface area contributed by atoms with Crippen molar-refractivity contribution in [2.45, 2.75) is 52.1 Å². The SMILES string of the molecule is CCNC(=NCC1CCCN1C)N(C)Cc1cn(C)nc1C(C)C. The summed E-state index contributed by atoms with van der Waals surface area (Å²) in [6, 6.07) is 0.580. The molecule has 6 heteroatoms. The maximum atomic E-state index is 4.89. The van der Waals surface area contributed by atoms with Gasteiger partial charge in [-0.2, -0.15) is 5.10 Å². The lowest BCUT2D eigenvalue weighted by atomic mass is 10.1. The van der Waals surface area contributed by atoms with E-state index in [1.165, 1.54) is 30.6 Å². The zero-order chi connectivity index (χ0) is 17.7. The van der Waals surface area contributed by atoms with Crippen molar-refractivity contribution in [3.63, 3.8) is 0 Å². The first-order chi connectivity index (χ1) is 11.4. The number of nitrogens with one attached hydrogen (secondary N) is 1. The third kappa shape index (κ3) is 4.72. The molecule has 136 valence electrons. The lowest BCUT2D eigenvalue weighted by Crippen LogP contribution is -2.39.